The highest BCUT2D eigenvalue weighted by molar-refractivity contribution is 6.35. The van der Waals surface area contributed by atoms with Gasteiger partial charge in [0, 0.05) is 21.9 Å². The summed E-state index contributed by atoms with van der Waals surface area (Å²) in [5, 5.41) is 12.8. The average molecular weight is 344 g/mol. The Morgan fingerprint density at radius 2 is 1.92 bits per heavy atom. The molecule has 120 valence electrons. The fourth-order valence-corrected chi connectivity index (χ4v) is 2.45. The Bertz CT molecular complexity index is 975. The van der Waals surface area contributed by atoms with E-state index in [1.54, 1.807) is 18.2 Å². The maximum atomic E-state index is 11.6. The van der Waals surface area contributed by atoms with Crippen molar-refractivity contribution in [3.05, 3.63) is 69.4 Å². The largest absolute Gasteiger partial charge is 0.438 e. The van der Waals surface area contributed by atoms with Crippen LogP contribution in [0.1, 0.15) is 10.4 Å². The van der Waals surface area contributed by atoms with Crippen LogP contribution in [0, 0.1) is 10.1 Å². The molecule has 0 saturated heterocycles. The van der Waals surface area contributed by atoms with E-state index in [9.17, 15) is 14.9 Å². The number of amides is 1. The van der Waals surface area contributed by atoms with Crippen LogP contribution in [0.3, 0.4) is 0 Å². The van der Waals surface area contributed by atoms with Crippen molar-refractivity contribution in [2.45, 2.75) is 0 Å². The lowest BCUT2D eigenvalue weighted by Gasteiger charge is -2.11. The summed E-state index contributed by atoms with van der Waals surface area (Å²) in [7, 11) is 0. The maximum Gasteiger partial charge on any atom is 0.288 e. The predicted octanol–water partition coefficient (Wildman–Crippen LogP) is 3.69. The number of primary amides is 1. The molecule has 1 heterocycles. The zero-order valence-corrected chi connectivity index (χ0v) is 12.9. The number of carbonyl (C=O) groups is 1. The van der Waals surface area contributed by atoms with Gasteiger partial charge in [0.25, 0.3) is 11.6 Å². The summed E-state index contributed by atoms with van der Waals surface area (Å²) in [4.78, 5) is 25.6. The van der Waals surface area contributed by atoms with Crippen molar-refractivity contribution in [2.75, 3.05) is 0 Å². The van der Waals surface area contributed by atoms with E-state index < -0.39 is 10.8 Å². The van der Waals surface area contributed by atoms with Gasteiger partial charge in [0.05, 0.1) is 4.92 Å². The van der Waals surface area contributed by atoms with E-state index in [1.807, 2.05) is 18.2 Å². The lowest BCUT2D eigenvalue weighted by molar-refractivity contribution is -0.385. The molecule has 1 aromatic heterocycles. The predicted molar refractivity (Wildman–Crippen MR) is 88.4 cm³/mol. The molecule has 0 atom stereocenters. The second kappa shape index (κ2) is 6.13. The fraction of sp³-hybridized carbons (Fsp3) is 0. The highest BCUT2D eigenvalue weighted by atomic mass is 35.5. The van der Waals surface area contributed by atoms with Gasteiger partial charge in [-0.2, -0.15) is 0 Å². The second-order valence-corrected chi connectivity index (χ2v) is 5.27. The zero-order valence-electron chi connectivity index (χ0n) is 12.1. The molecule has 0 aliphatic rings. The fourth-order valence-electron chi connectivity index (χ4n) is 2.23. The number of fused-ring (bicyclic) bond motifs is 1. The van der Waals surface area contributed by atoms with Gasteiger partial charge in [-0.15, -0.1) is 0 Å². The van der Waals surface area contributed by atoms with Gasteiger partial charge in [-0.3, -0.25) is 14.9 Å². The van der Waals surface area contributed by atoms with Gasteiger partial charge in [0.15, 0.2) is 0 Å². The van der Waals surface area contributed by atoms with Gasteiger partial charge in [0.2, 0.25) is 5.88 Å². The summed E-state index contributed by atoms with van der Waals surface area (Å²) in [6.45, 7) is 0. The van der Waals surface area contributed by atoms with Gasteiger partial charge in [-0.25, -0.2) is 4.98 Å². The molecule has 3 aromatic rings. The molecule has 0 aliphatic carbocycles. The lowest BCUT2D eigenvalue weighted by atomic mass is 10.1. The van der Waals surface area contributed by atoms with Crippen LogP contribution in [0.4, 0.5) is 5.69 Å². The van der Waals surface area contributed by atoms with Crippen LogP contribution >= 0.6 is 11.6 Å². The number of rotatable bonds is 4. The van der Waals surface area contributed by atoms with Gasteiger partial charge in [-0.05, 0) is 12.1 Å². The van der Waals surface area contributed by atoms with Crippen LogP contribution in [0.2, 0.25) is 5.02 Å². The molecular formula is C16H10ClN3O4. The highest BCUT2D eigenvalue weighted by Gasteiger charge is 2.18. The third-order valence-electron chi connectivity index (χ3n) is 3.35. The Morgan fingerprint density at radius 1 is 1.21 bits per heavy atom. The van der Waals surface area contributed by atoms with Crippen LogP contribution in [-0.2, 0) is 0 Å². The number of halogens is 1. The van der Waals surface area contributed by atoms with E-state index in [-0.39, 0.29) is 17.1 Å². The van der Waals surface area contributed by atoms with E-state index in [1.165, 1.54) is 0 Å². The first kappa shape index (κ1) is 15.7. The highest BCUT2D eigenvalue weighted by Crippen LogP contribution is 2.34. The number of nitrogens with zero attached hydrogens (tertiary/aromatic N) is 2. The smallest absolute Gasteiger partial charge is 0.288 e. The Morgan fingerprint density at radius 3 is 2.58 bits per heavy atom. The first-order chi connectivity index (χ1) is 11.5. The SMILES string of the molecule is NC(=O)c1cc([N+](=O)[O-])cnc1Oc1ccc(Cl)c2ccccc12. The molecule has 0 spiro atoms. The average Bonchev–Trinajstić information content (AvgIpc) is 2.57. The van der Waals surface area contributed by atoms with Crippen molar-refractivity contribution in [3.63, 3.8) is 0 Å². The molecule has 24 heavy (non-hydrogen) atoms. The number of ether oxygens (including phenoxy) is 1. The van der Waals surface area contributed by atoms with Crippen molar-refractivity contribution < 1.29 is 14.5 Å². The number of nitro groups is 1. The maximum absolute atomic E-state index is 11.6. The molecule has 2 N–H and O–H groups in total. The summed E-state index contributed by atoms with van der Waals surface area (Å²) in [6.07, 6.45) is 1.000. The number of nitrogens with two attached hydrogens (primary N) is 1. The molecule has 0 fully saturated rings. The van der Waals surface area contributed by atoms with Crippen LogP contribution in [0.25, 0.3) is 10.8 Å². The van der Waals surface area contributed by atoms with E-state index in [0.29, 0.717) is 16.2 Å². The number of hydrogen-bond acceptors (Lipinski definition) is 5. The van der Waals surface area contributed by atoms with Crippen molar-refractivity contribution in [1.29, 1.82) is 0 Å². The molecule has 2 aromatic carbocycles. The Kier molecular flexibility index (Phi) is 4.01. The lowest BCUT2D eigenvalue weighted by Crippen LogP contribution is -2.13. The van der Waals surface area contributed by atoms with Crippen LogP contribution in [-0.4, -0.2) is 15.8 Å². The van der Waals surface area contributed by atoms with E-state index >= 15 is 0 Å². The molecule has 1 amide bonds. The Balaban J connectivity index is 2.11. The van der Waals surface area contributed by atoms with E-state index in [2.05, 4.69) is 4.98 Å². The first-order valence-corrected chi connectivity index (χ1v) is 7.14. The van der Waals surface area contributed by atoms with E-state index in [4.69, 9.17) is 22.1 Å². The van der Waals surface area contributed by atoms with Crippen molar-refractivity contribution >= 4 is 34.0 Å². The molecule has 0 radical (unpaired) electrons. The summed E-state index contributed by atoms with van der Waals surface area (Å²) in [5.41, 5.74) is 4.74. The minimum Gasteiger partial charge on any atom is -0.438 e. The monoisotopic (exact) mass is 343 g/mol. The third kappa shape index (κ3) is 2.84. The number of carbonyl (C=O) groups excluding carboxylic acids is 1. The van der Waals surface area contributed by atoms with Gasteiger partial charge in [-0.1, -0.05) is 35.9 Å². The third-order valence-corrected chi connectivity index (χ3v) is 3.68. The minimum atomic E-state index is -0.875. The normalized spacial score (nSPS) is 10.5. The topological polar surface area (TPSA) is 108 Å². The van der Waals surface area contributed by atoms with Crippen LogP contribution in [0.5, 0.6) is 11.6 Å². The molecule has 0 bridgehead atoms. The van der Waals surface area contributed by atoms with Crippen molar-refractivity contribution in [3.8, 4) is 11.6 Å². The quantitative estimate of drug-likeness (QED) is 0.574. The zero-order chi connectivity index (χ0) is 17.3. The van der Waals surface area contributed by atoms with Gasteiger partial charge >= 0.3 is 0 Å². The first-order valence-electron chi connectivity index (χ1n) is 6.76. The number of hydrogen-bond donors (Lipinski definition) is 1. The van der Waals surface area contributed by atoms with Crippen LogP contribution < -0.4 is 10.5 Å². The number of pyridine rings is 1. The molecule has 0 unspecified atom stereocenters. The molecule has 0 aliphatic heterocycles. The summed E-state index contributed by atoms with van der Waals surface area (Å²) >= 11 is 6.15. The molecular weight excluding hydrogens is 334 g/mol. The Hall–Kier alpha value is -3.19. The molecule has 8 heteroatoms. The molecule has 0 saturated carbocycles. The number of aromatic nitrogens is 1. The summed E-state index contributed by atoms with van der Waals surface area (Å²) < 4.78 is 5.68. The second-order valence-electron chi connectivity index (χ2n) is 4.86. The summed E-state index contributed by atoms with van der Waals surface area (Å²) in [5.74, 6) is -0.584. The van der Waals surface area contributed by atoms with Gasteiger partial charge in [0.1, 0.15) is 17.5 Å². The van der Waals surface area contributed by atoms with E-state index in [0.717, 1.165) is 17.6 Å². The minimum absolute atomic E-state index is 0.111. The standard InChI is InChI=1S/C16H10ClN3O4/c17-13-5-6-14(11-4-2-1-3-10(11)13)24-16-12(15(18)21)7-9(8-19-16)20(22)23/h1-8H,(H2,18,21). The van der Waals surface area contributed by atoms with Crippen molar-refractivity contribution in [1.82, 2.24) is 4.98 Å². The van der Waals surface area contributed by atoms with Crippen molar-refractivity contribution in [2.24, 2.45) is 5.73 Å². The molecule has 3 rings (SSSR count). The summed E-state index contributed by atoms with van der Waals surface area (Å²) in [6, 6.07) is 11.6. The molecule has 7 nitrogen and oxygen atoms in total. The van der Waals surface area contributed by atoms with Crippen LogP contribution in [0.15, 0.2) is 48.7 Å². The number of benzene rings is 2. The van der Waals surface area contributed by atoms with Gasteiger partial charge < -0.3 is 10.5 Å². The Labute approximate surface area is 140 Å².